The summed E-state index contributed by atoms with van der Waals surface area (Å²) in [7, 11) is 0. The molecule has 0 radical (unpaired) electrons. The van der Waals surface area contributed by atoms with Crippen LogP contribution in [0.4, 0.5) is 0 Å². The van der Waals surface area contributed by atoms with E-state index in [-0.39, 0.29) is 11.8 Å². The Labute approximate surface area is 116 Å². The highest BCUT2D eigenvalue weighted by Gasteiger charge is 2.19. The first-order valence-corrected chi connectivity index (χ1v) is 6.93. The van der Waals surface area contributed by atoms with Crippen molar-refractivity contribution in [3.8, 4) is 11.8 Å². The van der Waals surface area contributed by atoms with Gasteiger partial charge in [-0.05, 0) is 12.5 Å². The topological polar surface area (TPSA) is 29.5 Å². The lowest BCUT2D eigenvalue weighted by molar-refractivity contribution is 0.0150. The second kappa shape index (κ2) is 8.74. The fraction of sp³-hybridized carbons (Fsp3) is 0.529. The molecule has 19 heavy (non-hydrogen) atoms. The standard InChI is InChI=1S/C17H24O2/c1-4-5-9-14(2)17(18)15(3)12-19-13-16-10-7-6-8-11-16/h6-8,10-11,14-15,17-18H,4,12-13H2,1-3H3/t14-,15-,17+/m1/s1. The molecule has 0 aliphatic heterocycles. The van der Waals surface area contributed by atoms with Gasteiger partial charge in [0.15, 0.2) is 0 Å². The first-order valence-electron chi connectivity index (χ1n) is 6.93. The normalized spacial score (nSPS) is 15.2. The summed E-state index contributed by atoms with van der Waals surface area (Å²) in [6.07, 6.45) is 0.394. The smallest absolute Gasteiger partial charge is 0.0722 e. The third kappa shape index (κ3) is 5.92. The van der Waals surface area contributed by atoms with E-state index in [2.05, 4.69) is 11.8 Å². The number of ether oxygens (including phenoxy) is 1. The van der Waals surface area contributed by atoms with Gasteiger partial charge in [-0.25, -0.2) is 0 Å². The van der Waals surface area contributed by atoms with Crippen molar-refractivity contribution in [1.82, 2.24) is 0 Å². The zero-order valence-electron chi connectivity index (χ0n) is 12.1. The van der Waals surface area contributed by atoms with Gasteiger partial charge < -0.3 is 9.84 Å². The molecule has 2 heteroatoms. The minimum atomic E-state index is -0.435. The van der Waals surface area contributed by atoms with Crippen molar-refractivity contribution in [1.29, 1.82) is 0 Å². The third-order valence-electron chi connectivity index (χ3n) is 3.09. The van der Waals surface area contributed by atoms with Crippen LogP contribution in [0.3, 0.4) is 0 Å². The van der Waals surface area contributed by atoms with Gasteiger partial charge in [-0.15, -0.1) is 5.92 Å². The highest BCUT2D eigenvalue weighted by molar-refractivity contribution is 5.13. The monoisotopic (exact) mass is 260 g/mol. The lowest BCUT2D eigenvalue weighted by Gasteiger charge is -2.21. The Bertz CT molecular complexity index is 402. The molecule has 2 nitrogen and oxygen atoms in total. The van der Waals surface area contributed by atoms with Gasteiger partial charge in [0.2, 0.25) is 0 Å². The van der Waals surface area contributed by atoms with Crippen LogP contribution in [-0.2, 0) is 11.3 Å². The van der Waals surface area contributed by atoms with E-state index in [1.165, 1.54) is 0 Å². The summed E-state index contributed by atoms with van der Waals surface area (Å²) in [5.41, 5.74) is 1.16. The van der Waals surface area contributed by atoms with Crippen molar-refractivity contribution < 1.29 is 9.84 Å². The Morgan fingerprint density at radius 3 is 2.53 bits per heavy atom. The van der Waals surface area contributed by atoms with Gasteiger partial charge >= 0.3 is 0 Å². The van der Waals surface area contributed by atoms with Gasteiger partial charge in [0.25, 0.3) is 0 Å². The predicted molar refractivity (Wildman–Crippen MR) is 78.5 cm³/mol. The SMILES string of the molecule is CCC#C[C@@H](C)[C@H](O)[C@H](C)COCc1ccccc1. The van der Waals surface area contributed by atoms with Crippen LogP contribution in [-0.4, -0.2) is 17.8 Å². The van der Waals surface area contributed by atoms with Crippen molar-refractivity contribution in [2.75, 3.05) is 6.61 Å². The summed E-state index contributed by atoms with van der Waals surface area (Å²) in [6.45, 7) is 7.11. The molecule has 0 saturated heterocycles. The van der Waals surface area contributed by atoms with E-state index in [1.807, 2.05) is 51.1 Å². The van der Waals surface area contributed by atoms with Gasteiger partial charge in [0.1, 0.15) is 0 Å². The highest BCUT2D eigenvalue weighted by Crippen LogP contribution is 2.13. The van der Waals surface area contributed by atoms with Crippen molar-refractivity contribution in [2.45, 2.75) is 39.9 Å². The largest absolute Gasteiger partial charge is 0.391 e. The molecule has 0 aliphatic carbocycles. The predicted octanol–water partition coefficient (Wildman–Crippen LogP) is 3.25. The van der Waals surface area contributed by atoms with Crippen molar-refractivity contribution in [3.05, 3.63) is 35.9 Å². The van der Waals surface area contributed by atoms with E-state index in [1.54, 1.807) is 0 Å². The Kier molecular flexibility index (Phi) is 7.25. The third-order valence-corrected chi connectivity index (χ3v) is 3.09. The Balaban J connectivity index is 2.32. The van der Waals surface area contributed by atoms with E-state index in [9.17, 15) is 5.11 Å². The molecule has 1 aromatic carbocycles. The van der Waals surface area contributed by atoms with Gasteiger partial charge in [-0.3, -0.25) is 0 Å². The number of aliphatic hydroxyl groups is 1. The fourth-order valence-corrected chi connectivity index (χ4v) is 1.88. The Morgan fingerprint density at radius 1 is 1.21 bits per heavy atom. The van der Waals surface area contributed by atoms with Crippen LogP contribution in [0.25, 0.3) is 0 Å². The molecule has 0 aromatic heterocycles. The fourth-order valence-electron chi connectivity index (χ4n) is 1.88. The summed E-state index contributed by atoms with van der Waals surface area (Å²) < 4.78 is 5.65. The summed E-state index contributed by atoms with van der Waals surface area (Å²) >= 11 is 0. The molecular weight excluding hydrogens is 236 g/mol. The molecule has 0 amide bonds. The zero-order valence-corrected chi connectivity index (χ0v) is 12.1. The van der Waals surface area contributed by atoms with Crippen LogP contribution >= 0.6 is 0 Å². The van der Waals surface area contributed by atoms with Gasteiger partial charge in [0, 0.05) is 18.3 Å². The van der Waals surface area contributed by atoms with Crippen LogP contribution < -0.4 is 0 Å². The second-order valence-electron chi connectivity index (χ2n) is 4.93. The van der Waals surface area contributed by atoms with E-state index in [0.29, 0.717) is 13.2 Å². The minimum Gasteiger partial charge on any atom is -0.391 e. The minimum absolute atomic E-state index is 0.00437. The molecule has 0 unspecified atom stereocenters. The molecule has 0 aliphatic rings. The van der Waals surface area contributed by atoms with Crippen LogP contribution in [0.5, 0.6) is 0 Å². The second-order valence-corrected chi connectivity index (χ2v) is 4.93. The molecule has 0 spiro atoms. The first kappa shape index (κ1) is 15.8. The molecule has 3 atom stereocenters. The summed E-state index contributed by atoms with van der Waals surface area (Å²) in [5.74, 6) is 6.16. The maximum atomic E-state index is 10.1. The number of hydrogen-bond acceptors (Lipinski definition) is 2. The van der Waals surface area contributed by atoms with Crippen LogP contribution in [0.15, 0.2) is 30.3 Å². The van der Waals surface area contributed by atoms with Gasteiger partial charge in [0.05, 0.1) is 19.3 Å². The number of benzene rings is 1. The summed E-state index contributed by atoms with van der Waals surface area (Å²) in [5, 5.41) is 10.1. The molecule has 1 N–H and O–H groups in total. The van der Waals surface area contributed by atoms with Crippen LogP contribution in [0, 0.1) is 23.7 Å². The van der Waals surface area contributed by atoms with E-state index >= 15 is 0 Å². The number of hydrogen-bond donors (Lipinski definition) is 1. The first-order chi connectivity index (χ1) is 9.15. The van der Waals surface area contributed by atoms with Crippen LogP contribution in [0.1, 0.15) is 32.8 Å². The lowest BCUT2D eigenvalue weighted by atomic mass is 9.94. The molecule has 1 rings (SSSR count). The molecule has 0 bridgehead atoms. The Morgan fingerprint density at radius 2 is 1.89 bits per heavy atom. The van der Waals surface area contributed by atoms with Gasteiger partial charge in [-0.1, -0.05) is 50.1 Å². The quantitative estimate of drug-likeness (QED) is 0.796. The molecule has 0 fully saturated rings. The maximum Gasteiger partial charge on any atom is 0.0722 e. The summed E-state index contributed by atoms with van der Waals surface area (Å²) in [4.78, 5) is 0. The van der Waals surface area contributed by atoms with E-state index in [0.717, 1.165) is 12.0 Å². The molecule has 0 saturated carbocycles. The van der Waals surface area contributed by atoms with E-state index in [4.69, 9.17) is 4.74 Å². The molecule has 104 valence electrons. The molecule has 1 aromatic rings. The Hall–Kier alpha value is -1.30. The molecule has 0 heterocycles. The van der Waals surface area contributed by atoms with E-state index < -0.39 is 6.10 Å². The summed E-state index contributed by atoms with van der Waals surface area (Å²) in [6, 6.07) is 10.1. The molecular formula is C17H24O2. The average Bonchev–Trinajstić information content (AvgIpc) is 2.44. The highest BCUT2D eigenvalue weighted by atomic mass is 16.5. The lowest BCUT2D eigenvalue weighted by Crippen LogP contribution is -2.28. The van der Waals surface area contributed by atoms with Crippen LogP contribution in [0.2, 0.25) is 0 Å². The maximum absolute atomic E-state index is 10.1. The zero-order chi connectivity index (χ0) is 14.1. The average molecular weight is 260 g/mol. The van der Waals surface area contributed by atoms with Gasteiger partial charge in [-0.2, -0.15) is 0 Å². The van der Waals surface area contributed by atoms with Crippen molar-refractivity contribution >= 4 is 0 Å². The number of rotatable bonds is 6. The van der Waals surface area contributed by atoms with Crippen molar-refractivity contribution in [2.24, 2.45) is 11.8 Å². The number of aliphatic hydroxyl groups excluding tert-OH is 1. The van der Waals surface area contributed by atoms with Crippen molar-refractivity contribution in [3.63, 3.8) is 0 Å².